The highest BCUT2D eigenvalue weighted by Crippen LogP contribution is 2.40. The number of ether oxygens (including phenoxy) is 3. The molecule has 3 heterocycles. The van der Waals surface area contributed by atoms with Crippen LogP contribution in [-0.4, -0.2) is 54.1 Å². The van der Waals surface area contributed by atoms with Crippen molar-refractivity contribution in [1.29, 1.82) is 0 Å². The van der Waals surface area contributed by atoms with Gasteiger partial charge in [0.25, 0.3) is 0 Å². The summed E-state index contributed by atoms with van der Waals surface area (Å²) in [5.41, 5.74) is 5.52. The summed E-state index contributed by atoms with van der Waals surface area (Å²) in [6, 6.07) is 9.28. The number of aromatic nitrogens is 2. The number of hydrogen-bond donors (Lipinski definition) is 1. The van der Waals surface area contributed by atoms with Gasteiger partial charge in [0.2, 0.25) is 11.8 Å². The molecule has 36 heavy (non-hydrogen) atoms. The van der Waals surface area contributed by atoms with Gasteiger partial charge in [-0.15, -0.1) is 0 Å². The Morgan fingerprint density at radius 1 is 1.19 bits per heavy atom. The lowest BCUT2D eigenvalue weighted by Gasteiger charge is -2.22. The molecule has 0 aliphatic carbocycles. The molecule has 9 nitrogen and oxygen atoms in total. The molecule has 0 radical (unpaired) electrons. The molecule has 0 saturated heterocycles. The van der Waals surface area contributed by atoms with Crippen molar-refractivity contribution in [1.82, 2.24) is 14.9 Å². The normalized spacial score (nSPS) is 16.4. The molecule has 186 valence electrons. The van der Waals surface area contributed by atoms with Crippen molar-refractivity contribution in [3.63, 3.8) is 0 Å². The van der Waals surface area contributed by atoms with Crippen molar-refractivity contribution < 1.29 is 23.8 Å². The number of methoxy groups -OCH3 is 2. The molecule has 0 fully saturated rings. The van der Waals surface area contributed by atoms with Gasteiger partial charge in [-0.3, -0.25) is 14.6 Å². The molecule has 2 aliphatic heterocycles. The number of nitrogens with one attached hydrogen (secondary N) is 1. The van der Waals surface area contributed by atoms with E-state index in [9.17, 15) is 9.59 Å². The van der Waals surface area contributed by atoms with Gasteiger partial charge >= 0.3 is 0 Å². The third-order valence-electron chi connectivity index (χ3n) is 6.61. The number of fused-ring (bicyclic) bond motifs is 2. The second kappa shape index (κ2) is 9.49. The maximum atomic E-state index is 13.4. The van der Waals surface area contributed by atoms with Gasteiger partial charge in [0.05, 0.1) is 43.8 Å². The zero-order valence-corrected chi connectivity index (χ0v) is 20.8. The van der Waals surface area contributed by atoms with Crippen LogP contribution in [0.1, 0.15) is 34.9 Å². The van der Waals surface area contributed by atoms with E-state index in [1.165, 1.54) is 0 Å². The van der Waals surface area contributed by atoms with E-state index < -0.39 is 5.92 Å². The highest BCUT2D eigenvalue weighted by molar-refractivity contribution is 6.05. The fraction of sp³-hybridized carbons (Fsp3) is 0.333. The zero-order valence-electron chi connectivity index (χ0n) is 20.8. The van der Waals surface area contributed by atoms with Crippen LogP contribution >= 0.6 is 0 Å². The van der Waals surface area contributed by atoms with Crippen LogP contribution in [0.3, 0.4) is 0 Å². The predicted octanol–water partition coefficient (Wildman–Crippen LogP) is 3.62. The monoisotopic (exact) mass is 488 g/mol. The van der Waals surface area contributed by atoms with Gasteiger partial charge in [-0.05, 0) is 37.6 Å². The molecule has 1 N–H and O–H groups in total. The van der Waals surface area contributed by atoms with Crippen LogP contribution in [0.25, 0.3) is 11.3 Å². The van der Waals surface area contributed by atoms with Crippen LogP contribution in [0.15, 0.2) is 36.5 Å². The molecular weight excluding hydrogens is 460 g/mol. The number of hydrogen-bond acceptors (Lipinski definition) is 7. The molecule has 9 heteroatoms. The Bertz CT molecular complexity index is 1360. The third kappa shape index (κ3) is 4.32. The number of nitrogens with zero attached hydrogens (tertiary/aromatic N) is 3. The third-order valence-corrected chi connectivity index (χ3v) is 6.61. The molecule has 5 rings (SSSR count). The van der Waals surface area contributed by atoms with Crippen molar-refractivity contribution in [2.45, 2.75) is 32.7 Å². The lowest BCUT2D eigenvalue weighted by molar-refractivity contribution is -0.134. The van der Waals surface area contributed by atoms with E-state index in [-0.39, 0.29) is 18.2 Å². The van der Waals surface area contributed by atoms with Crippen LogP contribution in [0.4, 0.5) is 5.69 Å². The Hall–Kier alpha value is -4.14. The van der Waals surface area contributed by atoms with Gasteiger partial charge in [-0.2, -0.15) is 0 Å². The standard InChI is InChI=1S/C27H28N4O5/c1-15-13-28-16(2)25(29-15)17-9-18-14-31(7-8-36-26(18)23(10-17)35-4)24(32)12-21-20-6-5-19(34-3)11-22(20)30-27(21)33/h5-6,9-11,13,21H,7-8,12,14H2,1-4H3,(H,30,33)/t21-/m1/s1. The zero-order chi connectivity index (χ0) is 25.4. The number of aryl methyl sites for hydroxylation is 2. The van der Waals surface area contributed by atoms with Gasteiger partial charge in [0.1, 0.15) is 12.4 Å². The number of benzene rings is 2. The summed E-state index contributed by atoms with van der Waals surface area (Å²) >= 11 is 0. The van der Waals surface area contributed by atoms with E-state index in [4.69, 9.17) is 14.2 Å². The minimum atomic E-state index is -0.548. The summed E-state index contributed by atoms with van der Waals surface area (Å²) in [6.07, 6.45) is 1.80. The Morgan fingerprint density at radius 3 is 2.81 bits per heavy atom. The van der Waals surface area contributed by atoms with Gasteiger partial charge in [-0.25, -0.2) is 4.98 Å². The molecule has 1 aromatic heterocycles. The Kier molecular flexibility index (Phi) is 6.22. The van der Waals surface area contributed by atoms with Crippen LogP contribution in [-0.2, 0) is 16.1 Å². The van der Waals surface area contributed by atoms with E-state index in [1.807, 2.05) is 32.0 Å². The molecule has 0 saturated carbocycles. The number of rotatable bonds is 5. The van der Waals surface area contributed by atoms with Crippen LogP contribution in [0, 0.1) is 13.8 Å². The Balaban J connectivity index is 1.42. The summed E-state index contributed by atoms with van der Waals surface area (Å²) in [4.78, 5) is 36.9. The summed E-state index contributed by atoms with van der Waals surface area (Å²) in [7, 11) is 3.17. The minimum Gasteiger partial charge on any atom is -0.497 e. The van der Waals surface area contributed by atoms with E-state index in [0.717, 1.165) is 33.8 Å². The molecule has 2 amide bonds. The molecule has 2 aromatic carbocycles. The lowest BCUT2D eigenvalue weighted by Crippen LogP contribution is -2.34. The van der Waals surface area contributed by atoms with Gasteiger partial charge < -0.3 is 24.4 Å². The second-order valence-electron chi connectivity index (χ2n) is 8.98. The first-order chi connectivity index (χ1) is 17.4. The quantitative estimate of drug-likeness (QED) is 0.585. The van der Waals surface area contributed by atoms with Crippen LogP contribution in [0.2, 0.25) is 0 Å². The van der Waals surface area contributed by atoms with Crippen molar-refractivity contribution in [2.75, 3.05) is 32.7 Å². The van der Waals surface area contributed by atoms with Gasteiger partial charge in [0.15, 0.2) is 11.5 Å². The molecule has 2 aliphatic rings. The second-order valence-corrected chi connectivity index (χ2v) is 8.98. The Morgan fingerprint density at radius 2 is 2.03 bits per heavy atom. The molecule has 0 unspecified atom stereocenters. The molecule has 1 atom stereocenters. The molecule has 0 spiro atoms. The fourth-order valence-corrected chi connectivity index (χ4v) is 4.74. The van der Waals surface area contributed by atoms with Gasteiger partial charge in [0, 0.05) is 42.0 Å². The molecule has 0 bridgehead atoms. The largest absolute Gasteiger partial charge is 0.497 e. The first-order valence-electron chi connectivity index (χ1n) is 11.8. The highest BCUT2D eigenvalue weighted by atomic mass is 16.5. The number of anilines is 1. The minimum absolute atomic E-state index is 0.0692. The van der Waals surface area contributed by atoms with E-state index in [1.54, 1.807) is 37.4 Å². The van der Waals surface area contributed by atoms with Crippen molar-refractivity contribution in [2.24, 2.45) is 0 Å². The highest BCUT2D eigenvalue weighted by Gasteiger charge is 2.34. The first kappa shape index (κ1) is 23.6. The topological polar surface area (TPSA) is 103 Å². The van der Waals surface area contributed by atoms with E-state index >= 15 is 0 Å². The average Bonchev–Trinajstić information content (AvgIpc) is 3.03. The van der Waals surface area contributed by atoms with Crippen molar-refractivity contribution in [3.8, 4) is 28.5 Å². The SMILES string of the molecule is COc1ccc2c(c1)NC(=O)[C@@H]2CC(=O)N1CCOc2c(cc(-c3nc(C)cnc3C)cc2OC)C1. The summed E-state index contributed by atoms with van der Waals surface area (Å²) in [6.45, 7) is 4.86. The summed E-state index contributed by atoms with van der Waals surface area (Å²) < 4.78 is 16.9. The summed E-state index contributed by atoms with van der Waals surface area (Å²) in [5.74, 6) is 0.999. The smallest absolute Gasteiger partial charge is 0.232 e. The number of carbonyl (C=O) groups excluding carboxylic acids is 2. The van der Waals surface area contributed by atoms with Crippen molar-refractivity contribution >= 4 is 17.5 Å². The van der Waals surface area contributed by atoms with Gasteiger partial charge in [-0.1, -0.05) is 6.07 Å². The van der Waals surface area contributed by atoms with Crippen LogP contribution in [0.5, 0.6) is 17.2 Å². The maximum Gasteiger partial charge on any atom is 0.232 e. The average molecular weight is 489 g/mol. The number of carbonyl (C=O) groups is 2. The van der Waals surface area contributed by atoms with Crippen molar-refractivity contribution in [3.05, 3.63) is 59.0 Å². The predicted molar refractivity (Wildman–Crippen MR) is 133 cm³/mol. The lowest BCUT2D eigenvalue weighted by atomic mass is 9.96. The number of amides is 2. The molecular formula is C27H28N4O5. The van der Waals surface area contributed by atoms with E-state index in [0.29, 0.717) is 42.6 Å². The summed E-state index contributed by atoms with van der Waals surface area (Å²) in [5, 5.41) is 2.87. The fourth-order valence-electron chi connectivity index (χ4n) is 4.74. The maximum absolute atomic E-state index is 13.4. The Labute approximate surface area is 209 Å². The van der Waals surface area contributed by atoms with E-state index in [2.05, 4.69) is 15.3 Å². The molecule has 3 aromatic rings. The van der Waals surface area contributed by atoms with Crippen LogP contribution < -0.4 is 19.5 Å². The first-order valence-corrected chi connectivity index (χ1v) is 11.8.